The second kappa shape index (κ2) is 8.18. The maximum atomic E-state index is 13.3. The van der Waals surface area contributed by atoms with Crippen LogP contribution in [0.4, 0.5) is 0 Å². The van der Waals surface area contributed by atoms with Crippen LogP contribution in [0, 0.1) is 0 Å². The Hall–Kier alpha value is -2.93. The SMILES string of the molecule is O=C(c1cc(-c2ccco2)on1)N(Cc1ccccn1)C1CCCNCC1. The Kier molecular flexibility index (Phi) is 5.29. The number of rotatable bonds is 5. The number of nitrogens with one attached hydrogen (secondary N) is 1. The van der Waals surface area contributed by atoms with Crippen molar-refractivity contribution in [2.75, 3.05) is 13.1 Å². The number of hydrogen-bond acceptors (Lipinski definition) is 6. The molecule has 3 aromatic heterocycles. The summed E-state index contributed by atoms with van der Waals surface area (Å²) in [6.45, 7) is 2.33. The summed E-state index contributed by atoms with van der Waals surface area (Å²) in [4.78, 5) is 19.5. The third-order valence-corrected chi connectivity index (χ3v) is 4.80. The highest BCUT2D eigenvalue weighted by molar-refractivity contribution is 5.93. The molecule has 1 aliphatic heterocycles. The molecule has 4 rings (SSSR count). The topological polar surface area (TPSA) is 84.4 Å². The van der Waals surface area contributed by atoms with Gasteiger partial charge in [-0.25, -0.2) is 0 Å². The maximum absolute atomic E-state index is 13.3. The van der Waals surface area contributed by atoms with Gasteiger partial charge in [0, 0.05) is 18.3 Å². The van der Waals surface area contributed by atoms with Gasteiger partial charge < -0.3 is 19.2 Å². The smallest absolute Gasteiger partial charge is 0.276 e. The molecular weight excluding hydrogens is 344 g/mol. The summed E-state index contributed by atoms with van der Waals surface area (Å²) in [5, 5.41) is 7.39. The van der Waals surface area contributed by atoms with Crippen LogP contribution in [0.5, 0.6) is 0 Å². The van der Waals surface area contributed by atoms with Crippen LogP contribution in [0.2, 0.25) is 0 Å². The largest absolute Gasteiger partial charge is 0.461 e. The van der Waals surface area contributed by atoms with E-state index in [-0.39, 0.29) is 17.6 Å². The molecule has 1 N–H and O–H groups in total. The lowest BCUT2D eigenvalue weighted by atomic mass is 10.1. The summed E-state index contributed by atoms with van der Waals surface area (Å²) in [6.07, 6.45) is 6.20. The first-order valence-corrected chi connectivity index (χ1v) is 9.23. The first kappa shape index (κ1) is 17.5. The van der Waals surface area contributed by atoms with Gasteiger partial charge in [-0.3, -0.25) is 9.78 Å². The van der Waals surface area contributed by atoms with E-state index in [4.69, 9.17) is 8.94 Å². The number of nitrogens with zero attached hydrogens (tertiary/aromatic N) is 3. The second-order valence-electron chi connectivity index (χ2n) is 6.64. The lowest BCUT2D eigenvalue weighted by Gasteiger charge is -2.30. The fourth-order valence-electron chi connectivity index (χ4n) is 3.40. The van der Waals surface area contributed by atoms with Gasteiger partial charge in [0.05, 0.1) is 18.5 Å². The Morgan fingerprint density at radius 1 is 1.19 bits per heavy atom. The van der Waals surface area contributed by atoms with E-state index < -0.39 is 0 Å². The molecule has 0 saturated carbocycles. The van der Waals surface area contributed by atoms with Crippen molar-refractivity contribution in [3.63, 3.8) is 0 Å². The molecule has 0 radical (unpaired) electrons. The van der Waals surface area contributed by atoms with Crippen LogP contribution in [0.3, 0.4) is 0 Å². The predicted molar refractivity (Wildman–Crippen MR) is 98.8 cm³/mol. The third kappa shape index (κ3) is 4.09. The van der Waals surface area contributed by atoms with Crippen molar-refractivity contribution in [3.05, 3.63) is 60.2 Å². The van der Waals surface area contributed by atoms with Gasteiger partial charge in [-0.05, 0) is 56.6 Å². The van der Waals surface area contributed by atoms with Gasteiger partial charge >= 0.3 is 0 Å². The summed E-state index contributed by atoms with van der Waals surface area (Å²) in [7, 11) is 0. The van der Waals surface area contributed by atoms with E-state index in [1.165, 1.54) is 0 Å². The Balaban J connectivity index is 1.59. The number of amides is 1. The minimum Gasteiger partial charge on any atom is -0.461 e. The quantitative estimate of drug-likeness (QED) is 0.747. The van der Waals surface area contributed by atoms with E-state index in [1.54, 1.807) is 30.7 Å². The first-order valence-electron chi connectivity index (χ1n) is 9.23. The van der Waals surface area contributed by atoms with Crippen molar-refractivity contribution in [2.45, 2.75) is 31.8 Å². The summed E-state index contributed by atoms with van der Waals surface area (Å²) < 4.78 is 10.6. The minimum atomic E-state index is -0.144. The van der Waals surface area contributed by atoms with E-state index >= 15 is 0 Å². The highest BCUT2D eigenvalue weighted by atomic mass is 16.5. The Labute approximate surface area is 157 Å². The van der Waals surface area contributed by atoms with E-state index in [1.807, 2.05) is 23.1 Å². The molecule has 7 nitrogen and oxygen atoms in total. The van der Waals surface area contributed by atoms with E-state index in [0.29, 0.717) is 18.1 Å². The van der Waals surface area contributed by atoms with E-state index in [9.17, 15) is 4.79 Å². The number of furan rings is 1. The zero-order valence-electron chi connectivity index (χ0n) is 15.0. The number of hydrogen-bond donors (Lipinski definition) is 1. The predicted octanol–water partition coefficient (Wildman–Crippen LogP) is 3.11. The molecule has 1 fully saturated rings. The number of carbonyl (C=O) groups is 1. The highest BCUT2D eigenvalue weighted by Crippen LogP contribution is 2.23. The standard InChI is InChI=1S/C20H22N4O3/c25-20(17-13-19(27-23-17)18-7-4-12-26-18)24(14-15-5-1-2-10-22-15)16-6-3-9-21-11-8-16/h1-2,4-5,7,10,12-13,16,21H,3,6,8-9,11,14H2. The molecule has 0 aromatic carbocycles. The molecule has 1 atom stereocenters. The monoisotopic (exact) mass is 366 g/mol. The van der Waals surface area contributed by atoms with Crippen molar-refractivity contribution < 1.29 is 13.7 Å². The first-order chi connectivity index (χ1) is 13.3. The van der Waals surface area contributed by atoms with Crippen LogP contribution in [0.15, 0.2) is 57.8 Å². The lowest BCUT2D eigenvalue weighted by molar-refractivity contribution is 0.0631. The molecule has 0 spiro atoms. The van der Waals surface area contributed by atoms with Gasteiger partial charge in [-0.1, -0.05) is 11.2 Å². The van der Waals surface area contributed by atoms with Gasteiger partial charge in [0.1, 0.15) is 0 Å². The van der Waals surface area contributed by atoms with Crippen LogP contribution < -0.4 is 5.32 Å². The zero-order valence-corrected chi connectivity index (χ0v) is 15.0. The Bertz CT molecular complexity index is 853. The number of aromatic nitrogens is 2. The van der Waals surface area contributed by atoms with E-state index in [2.05, 4.69) is 15.5 Å². The fourth-order valence-corrected chi connectivity index (χ4v) is 3.40. The molecule has 1 aliphatic rings. The zero-order chi connectivity index (χ0) is 18.5. The summed E-state index contributed by atoms with van der Waals surface area (Å²) in [6, 6.07) is 11.1. The molecule has 3 aromatic rings. The molecule has 0 aliphatic carbocycles. The minimum absolute atomic E-state index is 0.137. The summed E-state index contributed by atoms with van der Waals surface area (Å²) in [5.41, 5.74) is 1.15. The van der Waals surface area contributed by atoms with Gasteiger partial charge in [-0.2, -0.15) is 0 Å². The molecule has 1 saturated heterocycles. The average Bonchev–Trinajstić information content (AvgIpc) is 3.33. The van der Waals surface area contributed by atoms with Crippen LogP contribution >= 0.6 is 0 Å². The molecule has 1 unspecified atom stereocenters. The fraction of sp³-hybridized carbons (Fsp3) is 0.350. The highest BCUT2D eigenvalue weighted by Gasteiger charge is 2.28. The number of carbonyl (C=O) groups excluding carboxylic acids is 1. The van der Waals surface area contributed by atoms with Gasteiger partial charge in [0.2, 0.25) is 5.76 Å². The normalized spacial score (nSPS) is 17.4. The van der Waals surface area contributed by atoms with Crippen molar-refractivity contribution >= 4 is 5.91 Å². The van der Waals surface area contributed by atoms with E-state index in [0.717, 1.165) is 38.0 Å². The molecule has 0 bridgehead atoms. The molecule has 1 amide bonds. The van der Waals surface area contributed by atoms with Crippen molar-refractivity contribution in [1.29, 1.82) is 0 Å². The summed E-state index contributed by atoms with van der Waals surface area (Å²) in [5.74, 6) is 0.856. The van der Waals surface area contributed by atoms with Crippen molar-refractivity contribution in [2.24, 2.45) is 0 Å². The molecular formula is C20H22N4O3. The summed E-state index contributed by atoms with van der Waals surface area (Å²) >= 11 is 0. The third-order valence-electron chi connectivity index (χ3n) is 4.80. The van der Waals surface area contributed by atoms with Crippen LogP contribution in [-0.4, -0.2) is 40.1 Å². The van der Waals surface area contributed by atoms with Crippen molar-refractivity contribution in [3.8, 4) is 11.5 Å². The Morgan fingerprint density at radius 2 is 2.15 bits per heavy atom. The molecule has 140 valence electrons. The van der Waals surface area contributed by atoms with Crippen LogP contribution in [-0.2, 0) is 6.54 Å². The average molecular weight is 366 g/mol. The lowest BCUT2D eigenvalue weighted by Crippen LogP contribution is -2.40. The van der Waals surface area contributed by atoms with Crippen molar-refractivity contribution in [1.82, 2.24) is 20.4 Å². The van der Waals surface area contributed by atoms with Crippen LogP contribution in [0.1, 0.15) is 35.4 Å². The van der Waals surface area contributed by atoms with Gasteiger partial charge in [0.25, 0.3) is 5.91 Å². The molecule has 27 heavy (non-hydrogen) atoms. The Morgan fingerprint density at radius 3 is 2.96 bits per heavy atom. The maximum Gasteiger partial charge on any atom is 0.276 e. The van der Waals surface area contributed by atoms with Crippen LogP contribution in [0.25, 0.3) is 11.5 Å². The van der Waals surface area contributed by atoms with Gasteiger partial charge in [-0.15, -0.1) is 0 Å². The molecule has 7 heteroatoms. The second-order valence-corrected chi connectivity index (χ2v) is 6.64. The number of pyridine rings is 1. The van der Waals surface area contributed by atoms with Gasteiger partial charge in [0.15, 0.2) is 11.5 Å². The molecule has 4 heterocycles.